The van der Waals surface area contributed by atoms with E-state index in [1.54, 1.807) is 18.2 Å². The van der Waals surface area contributed by atoms with Crippen molar-refractivity contribution in [3.05, 3.63) is 63.6 Å². The highest BCUT2D eigenvalue weighted by molar-refractivity contribution is 6.42. The van der Waals surface area contributed by atoms with Crippen LogP contribution in [0.1, 0.15) is 57.6 Å². The minimum atomic E-state index is -0.957. The highest BCUT2D eigenvalue weighted by Gasteiger charge is 2.58. The molecule has 8 heteroatoms. The van der Waals surface area contributed by atoms with Gasteiger partial charge in [-0.2, -0.15) is 0 Å². The maximum Gasteiger partial charge on any atom is 0.308 e. The van der Waals surface area contributed by atoms with Gasteiger partial charge in [0.05, 0.1) is 22.1 Å². The molecule has 0 spiro atoms. The number of fused-ring (bicyclic) bond motifs is 1. The summed E-state index contributed by atoms with van der Waals surface area (Å²) in [5.41, 5.74) is 0.255. The van der Waals surface area contributed by atoms with Crippen LogP contribution in [0.3, 0.4) is 0 Å². The summed E-state index contributed by atoms with van der Waals surface area (Å²) in [7, 11) is 2.04. The molecule has 1 heterocycles. The minimum absolute atomic E-state index is 0.0336. The first-order valence-corrected chi connectivity index (χ1v) is 14.1. The predicted molar refractivity (Wildman–Crippen MR) is 151 cm³/mol. The van der Waals surface area contributed by atoms with E-state index in [0.717, 1.165) is 30.5 Å². The van der Waals surface area contributed by atoms with E-state index in [-0.39, 0.29) is 30.3 Å². The van der Waals surface area contributed by atoms with Crippen LogP contribution in [0.2, 0.25) is 10.0 Å². The number of halogens is 2. The summed E-state index contributed by atoms with van der Waals surface area (Å²) in [5, 5.41) is 13.1. The molecule has 2 aliphatic rings. The fraction of sp³-hybridized carbons (Fsp3) is 0.533. The molecule has 0 aromatic heterocycles. The number of hydrogen-bond acceptors (Lipinski definition) is 5. The minimum Gasteiger partial charge on any atom is -0.427 e. The number of ether oxygens (including phenoxy) is 1. The molecule has 0 unspecified atom stereocenters. The maximum absolute atomic E-state index is 13.8. The second kappa shape index (κ2) is 11.5. The van der Waals surface area contributed by atoms with Gasteiger partial charge in [-0.25, -0.2) is 0 Å². The van der Waals surface area contributed by atoms with Gasteiger partial charge in [-0.3, -0.25) is 9.59 Å². The number of amides is 1. The lowest BCUT2D eigenvalue weighted by atomic mass is 9.55. The third-order valence-corrected chi connectivity index (χ3v) is 8.87. The van der Waals surface area contributed by atoms with Gasteiger partial charge in [0.25, 0.3) is 0 Å². The molecule has 6 nitrogen and oxygen atoms in total. The first-order chi connectivity index (χ1) is 17.9. The van der Waals surface area contributed by atoms with Crippen LogP contribution in [0.25, 0.3) is 0 Å². The Labute approximate surface area is 235 Å². The summed E-state index contributed by atoms with van der Waals surface area (Å²) >= 11 is 12.3. The van der Waals surface area contributed by atoms with Crippen LogP contribution < -0.4 is 4.74 Å². The second-order valence-electron chi connectivity index (χ2n) is 11.5. The van der Waals surface area contributed by atoms with Crippen molar-refractivity contribution in [1.29, 1.82) is 0 Å². The van der Waals surface area contributed by atoms with Crippen LogP contribution >= 0.6 is 23.2 Å². The average molecular weight is 562 g/mol. The number of likely N-dealkylation sites (N-methyl/N-ethyl adjacent to an activating group) is 1. The Morgan fingerprint density at radius 1 is 1.16 bits per heavy atom. The molecule has 38 heavy (non-hydrogen) atoms. The van der Waals surface area contributed by atoms with E-state index in [1.165, 1.54) is 6.92 Å². The zero-order valence-electron chi connectivity index (χ0n) is 22.7. The molecule has 206 valence electrons. The van der Waals surface area contributed by atoms with Gasteiger partial charge in [0.15, 0.2) is 0 Å². The third kappa shape index (κ3) is 6.04. The number of likely N-dealkylation sites (tertiary alicyclic amines) is 1. The third-order valence-electron chi connectivity index (χ3n) is 8.13. The number of nitrogens with zero attached hydrogens (tertiary/aromatic N) is 2. The van der Waals surface area contributed by atoms with Crippen molar-refractivity contribution in [2.24, 2.45) is 5.92 Å². The Morgan fingerprint density at radius 2 is 1.92 bits per heavy atom. The molecule has 4 rings (SSSR count). The molecule has 1 N–H and O–H groups in total. The quantitative estimate of drug-likeness (QED) is 0.357. The van der Waals surface area contributed by atoms with E-state index >= 15 is 0 Å². The molecule has 0 radical (unpaired) electrons. The molecule has 1 amide bonds. The van der Waals surface area contributed by atoms with Crippen LogP contribution in [0, 0.1) is 5.92 Å². The normalized spacial score (nSPS) is 25.6. The first kappa shape index (κ1) is 28.9. The molecule has 2 fully saturated rings. The number of piperidine rings is 1. The first-order valence-electron chi connectivity index (χ1n) is 13.4. The molecule has 2 aromatic rings. The van der Waals surface area contributed by atoms with Crippen molar-refractivity contribution in [3.8, 4) is 5.75 Å². The molecule has 2 aromatic carbocycles. The van der Waals surface area contributed by atoms with Gasteiger partial charge in [0.2, 0.25) is 5.91 Å². The Balaban J connectivity index is 1.69. The lowest BCUT2D eigenvalue weighted by Gasteiger charge is -2.59. The van der Waals surface area contributed by atoms with E-state index < -0.39 is 11.0 Å². The van der Waals surface area contributed by atoms with E-state index in [4.69, 9.17) is 27.9 Å². The summed E-state index contributed by atoms with van der Waals surface area (Å²) < 4.78 is 5.41. The number of carbonyl (C=O) groups excluding carboxylic acids is 2. The molecule has 1 aliphatic carbocycles. The average Bonchev–Trinajstić information content (AvgIpc) is 2.84. The van der Waals surface area contributed by atoms with Crippen LogP contribution in [-0.2, 0) is 21.4 Å². The number of esters is 1. The van der Waals surface area contributed by atoms with E-state index in [9.17, 15) is 14.7 Å². The fourth-order valence-corrected chi connectivity index (χ4v) is 6.73. The lowest BCUT2D eigenvalue weighted by Crippen LogP contribution is -2.67. The molecule has 0 bridgehead atoms. The van der Waals surface area contributed by atoms with Gasteiger partial charge in [-0.15, -0.1) is 0 Å². The molecular formula is C30H38Cl2N2O4. The van der Waals surface area contributed by atoms with Crippen LogP contribution in [0.15, 0.2) is 42.5 Å². The lowest BCUT2D eigenvalue weighted by molar-refractivity contribution is -0.148. The largest absolute Gasteiger partial charge is 0.427 e. The number of rotatable bonds is 7. The van der Waals surface area contributed by atoms with Crippen molar-refractivity contribution < 1.29 is 19.4 Å². The summed E-state index contributed by atoms with van der Waals surface area (Å²) in [6.45, 7) is 7.63. The molecule has 1 saturated carbocycles. The standard InChI is InChI=1S/C30H38Cl2N2O4/c1-20(2)18-34(28(36)15-22-8-9-26(31)27(32)14-22)24-10-11-30(37)19-33(4)13-12-29(30,17-24)23-6-5-7-25(16-23)38-21(3)35/h5-9,14,16,20,24,37H,10-13,15,17-19H2,1-4H3/t24-,29-,30-/m0/s1. The Bertz CT molecular complexity index is 1190. The SMILES string of the molecule is CC(=O)Oc1cccc([C@@]23CCN(C)C[C@@]2(O)CC[C@H](N(CC(C)C)C(=O)Cc2ccc(Cl)c(Cl)c2)C3)c1. The van der Waals surface area contributed by atoms with Gasteiger partial charge < -0.3 is 19.6 Å². The van der Waals surface area contributed by atoms with E-state index in [1.807, 2.05) is 36.2 Å². The molecular weight excluding hydrogens is 523 g/mol. The molecule has 1 saturated heterocycles. The van der Waals surface area contributed by atoms with Gasteiger partial charge >= 0.3 is 5.97 Å². The number of benzene rings is 2. The zero-order chi connectivity index (χ0) is 27.7. The van der Waals surface area contributed by atoms with Gasteiger partial charge in [0.1, 0.15) is 5.75 Å². The summed E-state index contributed by atoms with van der Waals surface area (Å²) in [6, 6.07) is 12.9. The maximum atomic E-state index is 13.8. The highest BCUT2D eigenvalue weighted by atomic mass is 35.5. The number of β-amino-alcohol motifs (C(OH)–C–C–N with tert-alkyl or cyclic N) is 1. The van der Waals surface area contributed by atoms with Crippen molar-refractivity contribution in [2.45, 2.75) is 69.9 Å². The number of carbonyl (C=O) groups is 2. The van der Waals surface area contributed by atoms with E-state index in [2.05, 4.69) is 18.7 Å². The smallest absolute Gasteiger partial charge is 0.308 e. The van der Waals surface area contributed by atoms with Crippen molar-refractivity contribution >= 4 is 35.1 Å². The van der Waals surface area contributed by atoms with Crippen molar-refractivity contribution in [2.75, 3.05) is 26.7 Å². The van der Waals surface area contributed by atoms with Gasteiger partial charge in [-0.05, 0) is 80.6 Å². The van der Waals surface area contributed by atoms with E-state index in [0.29, 0.717) is 41.7 Å². The Morgan fingerprint density at radius 3 is 2.61 bits per heavy atom. The highest BCUT2D eigenvalue weighted by Crippen LogP contribution is 2.53. The topological polar surface area (TPSA) is 70.1 Å². The summed E-state index contributed by atoms with van der Waals surface area (Å²) in [6.07, 6.45) is 2.92. The number of hydrogen-bond donors (Lipinski definition) is 1. The number of aliphatic hydroxyl groups is 1. The summed E-state index contributed by atoms with van der Waals surface area (Å²) in [5.74, 6) is 0.428. The van der Waals surface area contributed by atoms with Crippen molar-refractivity contribution in [1.82, 2.24) is 9.80 Å². The molecule has 1 aliphatic heterocycles. The summed E-state index contributed by atoms with van der Waals surface area (Å²) in [4.78, 5) is 29.6. The fourth-order valence-electron chi connectivity index (χ4n) is 6.41. The monoisotopic (exact) mass is 560 g/mol. The molecule has 3 atom stereocenters. The second-order valence-corrected chi connectivity index (χ2v) is 12.3. The van der Waals surface area contributed by atoms with Crippen LogP contribution in [-0.4, -0.2) is 65.1 Å². The Kier molecular flexibility index (Phi) is 8.78. The van der Waals surface area contributed by atoms with Crippen molar-refractivity contribution in [3.63, 3.8) is 0 Å². The van der Waals surface area contributed by atoms with Gasteiger partial charge in [0, 0.05) is 31.5 Å². The van der Waals surface area contributed by atoms with Gasteiger partial charge in [-0.1, -0.05) is 55.2 Å². The Hall–Kier alpha value is -2.12. The predicted octanol–water partition coefficient (Wildman–Crippen LogP) is 5.50. The zero-order valence-corrected chi connectivity index (χ0v) is 24.2. The van der Waals surface area contributed by atoms with Crippen LogP contribution in [0.5, 0.6) is 5.75 Å². The van der Waals surface area contributed by atoms with Crippen LogP contribution in [0.4, 0.5) is 0 Å².